The van der Waals surface area contributed by atoms with Gasteiger partial charge < -0.3 is 9.64 Å². The van der Waals surface area contributed by atoms with Crippen molar-refractivity contribution in [3.8, 4) is 5.75 Å². The fraction of sp³-hybridized carbons (Fsp3) is 0.381. The monoisotopic (exact) mass is 429 g/mol. The van der Waals surface area contributed by atoms with Crippen LogP contribution in [0.5, 0.6) is 5.75 Å². The molecular weight excluding hydrogens is 409 g/mol. The Morgan fingerprint density at radius 1 is 1.19 bits per heavy atom. The summed E-state index contributed by atoms with van der Waals surface area (Å²) in [5, 5.41) is 7.04. The van der Waals surface area contributed by atoms with Gasteiger partial charge in [0, 0.05) is 48.0 Å². The predicted molar refractivity (Wildman–Crippen MR) is 106 cm³/mol. The minimum atomic E-state index is -0.453. The average molecular weight is 430 g/mol. The van der Waals surface area contributed by atoms with Gasteiger partial charge in [0.05, 0.1) is 11.8 Å². The Bertz CT molecular complexity index is 923. The number of nitrogens with zero attached hydrogens (tertiary/aromatic N) is 3. The summed E-state index contributed by atoms with van der Waals surface area (Å²) in [6, 6.07) is 13.1. The van der Waals surface area contributed by atoms with Crippen LogP contribution in [0.1, 0.15) is 36.4 Å². The first-order valence-electron chi connectivity index (χ1n) is 9.34. The van der Waals surface area contributed by atoms with Gasteiger partial charge in [0.15, 0.2) is 0 Å². The van der Waals surface area contributed by atoms with Crippen LogP contribution in [0.15, 0.2) is 52.0 Å². The number of fused-ring (bicyclic) bond motifs is 4. The lowest BCUT2D eigenvalue weighted by Gasteiger charge is -2.50. The molecule has 4 nitrogen and oxygen atoms in total. The summed E-state index contributed by atoms with van der Waals surface area (Å²) in [6.07, 6.45) is 2.44. The van der Waals surface area contributed by atoms with E-state index in [0.717, 1.165) is 47.4 Å². The molecule has 1 atom stereocenters. The molecule has 0 N–H and O–H groups in total. The third-order valence-electron chi connectivity index (χ3n) is 5.91. The van der Waals surface area contributed by atoms with Crippen LogP contribution in [0.3, 0.4) is 0 Å². The molecule has 2 aromatic rings. The van der Waals surface area contributed by atoms with Crippen molar-refractivity contribution < 1.29 is 9.13 Å². The first kappa shape index (κ1) is 17.2. The average Bonchev–Trinajstić information content (AvgIpc) is 3.12. The number of piperidine rings is 1. The van der Waals surface area contributed by atoms with E-state index >= 15 is 0 Å². The van der Waals surface area contributed by atoms with Crippen LogP contribution in [0.25, 0.3) is 0 Å². The highest BCUT2D eigenvalue weighted by Gasteiger charge is 2.51. The van der Waals surface area contributed by atoms with Crippen molar-refractivity contribution in [3.05, 3.63) is 63.9 Å². The number of benzene rings is 2. The normalized spacial score (nSPS) is 23.6. The van der Waals surface area contributed by atoms with Gasteiger partial charge in [-0.1, -0.05) is 34.1 Å². The van der Waals surface area contributed by atoms with Gasteiger partial charge in [0.2, 0.25) is 5.72 Å². The maximum Gasteiger partial charge on any atom is 0.200 e. The summed E-state index contributed by atoms with van der Waals surface area (Å²) < 4.78 is 22.0. The molecule has 140 valence electrons. The van der Waals surface area contributed by atoms with E-state index in [9.17, 15) is 4.39 Å². The molecule has 0 saturated carbocycles. The number of hydrogen-bond donors (Lipinski definition) is 0. The zero-order valence-corrected chi connectivity index (χ0v) is 16.7. The van der Waals surface area contributed by atoms with E-state index in [2.05, 4.69) is 39.0 Å². The van der Waals surface area contributed by atoms with Gasteiger partial charge in [0.1, 0.15) is 11.6 Å². The molecule has 0 amide bonds. The molecule has 1 fully saturated rings. The molecule has 6 heteroatoms. The minimum Gasteiger partial charge on any atom is -0.466 e. The Morgan fingerprint density at radius 3 is 2.74 bits per heavy atom. The van der Waals surface area contributed by atoms with Crippen LogP contribution < -0.4 is 4.74 Å². The number of rotatable bonds is 1. The molecule has 5 rings (SSSR count). The smallest absolute Gasteiger partial charge is 0.200 e. The van der Waals surface area contributed by atoms with Gasteiger partial charge >= 0.3 is 0 Å². The number of halogens is 2. The van der Waals surface area contributed by atoms with Crippen LogP contribution in [0.2, 0.25) is 0 Å². The van der Waals surface area contributed by atoms with E-state index in [4.69, 9.17) is 9.84 Å². The van der Waals surface area contributed by atoms with Crippen LogP contribution in [-0.2, 0) is 0 Å². The van der Waals surface area contributed by atoms with Crippen molar-refractivity contribution in [2.75, 3.05) is 20.1 Å². The van der Waals surface area contributed by atoms with Gasteiger partial charge in [-0.2, -0.15) is 5.10 Å². The molecule has 0 bridgehead atoms. The number of hydrogen-bond acceptors (Lipinski definition) is 4. The molecule has 3 heterocycles. The van der Waals surface area contributed by atoms with Crippen molar-refractivity contribution in [1.29, 1.82) is 0 Å². The van der Waals surface area contributed by atoms with Crippen molar-refractivity contribution in [1.82, 2.24) is 9.91 Å². The maximum absolute atomic E-state index is 14.4. The molecule has 2 aromatic carbocycles. The lowest BCUT2D eigenvalue weighted by atomic mass is 9.91. The predicted octanol–water partition coefficient (Wildman–Crippen LogP) is 4.55. The highest BCUT2D eigenvalue weighted by molar-refractivity contribution is 9.10. The molecule has 3 aliphatic rings. The first-order chi connectivity index (χ1) is 13.1. The highest BCUT2D eigenvalue weighted by Crippen LogP contribution is 2.50. The molecule has 0 aliphatic carbocycles. The summed E-state index contributed by atoms with van der Waals surface area (Å²) in [5.41, 5.74) is 2.05. The second-order valence-electron chi connectivity index (χ2n) is 7.62. The molecule has 0 unspecified atom stereocenters. The van der Waals surface area contributed by atoms with Crippen molar-refractivity contribution in [2.45, 2.75) is 31.0 Å². The van der Waals surface area contributed by atoms with Crippen LogP contribution in [0, 0.1) is 5.82 Å². The van der Waals surface area contributed by atoms with Crippen LogP contribution >= 0.6 is 15.9 Å². The van der Waals surface area contributed by atoms with Crippen LogP contribution in [0.4, 0.5) is 4.39 Å². The second kappa shape index (κ2) is 6.31. The lowest BCUT2D eigenvalue weighted by Crippen LogP contribution is -2.58. The SMILES string of the molecule is CN1CCC2(CC1)Oc1ccc(Br)cc1[C@H]1CC(c3ccccc3F)=NN12. The zero-order valence-electron chi connectivity index (χ0n) is 15.2. The van der Waals surface area contributed by atoms with Gasteiger partial charge in [-0.3, -0.25) is 0 Å². The summed E-state index contributed by atoms with van der Waals surface area (Å²) in [4.78, 5) is 2.32. The van der Waals surface area contributed by atoms with Gasteiger partial charge in [0.25, 0.3) is 0 Å². The molecule has 1 saturated heterocycles. The Kier molecular flexibility index (Phi) is 4.02. The largest absolute Gasteiger partial charge is 0.466 e. The van der Waals surface area contributed by atoms with E-state index in [1.165, 1.54) is 6.07 Å². The number of likely N-dealkylation sites (tertiary alicyclic amines) is 1. The van der Waals surface area contributed by atoms with Gasteiger partial charge in [-0.15, -0.1) is 0 Å². The third kappa shape index (κ3) is 2.77. The van der Waals surface area contributed by atoms with Crippen molar-refractivity contribution in [2.24, 2.45) is 5.10 Å². The number of ether oxygens (including phenoxy) is 1. The third-order valence-corrected chi connectivity index (χ3v) is 6.41. The van der Waals surface area contributed by atoms with E-state index in [1.807, 2.05) is 24.3 Å². The summed E-state index contributed by atoms with van der Waals surface area (Å²) in [5.74, 6) is 0.706. The summed E-state index contributed by atoms with van der Waals surface area (Å²) in [6.45, 7) is 1.92. The first-order valence-corrected chi connectivity index (χ1v) is 10.1. The molecule has 27 heavy (non-hydrogen) atoms. The zero-order chi connectivity index (χ0) is 18.6. The fourth-order valence-corrected chi connectivity index (χ4v) is 4.79. The standard InChI is InChI=1S/C21H21BrFN3O/c1-25-10-8-21(9-11-25)26-19(16-12-14(22)6-7-20(16)27-21)13-18(24-26)15-4-2-3-5-17(15)23/h2-7,12,19H,8-11,13H2,1H3/t19-/m1/s1. The summed E-state index contributed by atoms with van der Waals surface area (Å²) in [7, 11) is 2.14. The van der Waals surface area contributed by atoms with E-state index in [0.29, 0.717) is 12.0 Å². The van der Waals surface area contributed by atoms with E-state index < -0.39 is 5.72 Å². The lowest BCUT2D eigenvalue weighted by molar-refractivity contribution is -0.147. The Balaban J connectivity index is 1.61. The summed E-state index contributed by atoms with van der Waals surface area (Å²) >= 11 is 3.58. The highest BCUT2D eigenvalue weighted by atomic mass is 79.9. The fourth-order valence-electron chi connectivity index (χ4n) is 4.41. The Labute approximate surface area is 166 Å². The van der Waals surface area contributed by atoms with E-state index in [-0.39, 0.29) is 11.9 Å². The Hall–Kier alpha value is -1.92. The number of hydrazone groups is 1. The van der Waals surface area contributed by atoms with Crippen LogP contribution in [-0.4, -0.2) is 41.5 Å². The molecule has 1 spiro atoms. The second-order valence-corrected chi connectivity index (χ2v) is 8.54. The quantitative estimate of drug-likeness (QED) is 0.665. The maximum atomic E-state index is 14.4. The van der Waals surface area contributed by atoms with Crippen molar-refractivity contribution in [3.63, 3.8) is 0 Å². The molecule has 0 aromatic heterocycles. The minimum absolute atomic E-state index is 0.0734. The van der Waals surface area contributed by atoms with Gasteiger partial charge in [-0.05, 0) is 31.3 Å². The molecular formula is C21H21BrFN3O. The molecule has 0 radical (unpaired) electrons. The van der Waals surface area contributed by atoms with Crippen molar-refractivity contribution >= 4 is 21.6 Å². The van der Waals surface area contributed by atoms with E-state index in [1.54, 1.807) is 6.07 Å². The Morgan fingerprint density at radius 2 is 1.96 bits per heavy atom. The topological polar surface area (TPSA) is 28.1 Å². The molecule has 3 aliphatic heterocycles. The van der Waals surface area contributed by atoms with Gasteiger partial charge in [-0.25, -0.2) is 9.40 Å².